The van der Waals surface area contributed by atoms with Crippen LogP contribution in [-0.4, -0.2) is 21.9 Å². The number of hydrogen-bond donors (Lipinski definition) is 2. The Bertz CT molecular complexity index is 707. The van der Waals surface area contributed by atoms with E-state index >= 15 is 0 Å². The van der Waals surface area contributed by atoms with Crippen molar-refractivity contribution in [2.24, 2.45) is 46.3 Å². The molecule has 4 aliphatic rings. The summed E-state index contributed by atoms with van der Waals surface area (Å²) in [5.41, 5.74) is 1.30. The van der Waals surface area contributed by atoms with Gasteiger partial charge in [-0.15, -0.1) is 0 Å². The highest BCUT2D eigenvalue weighted by molar-refractivity contribution is 5.30. The highest BCUT2D eigenvalue weighted by atomic mass is 16.3. The number of allylic oxidation sites excluding steroid dienone is 3. The van der Waals surface area contributed by atoms with Gasteiger partial charge < -0.3 is 10.2 Å². The topological polar surface area (TPSA) is 40.5 Å². The van der Waals surface area contributed by atoms with Gasteiger partial charge in [0.05, 0.1) is 11.7 Å². The zero-order chi connectivity index (χ0) is 21.9. The molecular formula is C28H46O2. The zero-order valence-corrected chi connectivity index (χ0v) is 20.3. The molecule has 4 aliphatic carbocycles. The van der Waals surface area contributed by atoms with Gasteiger partial charge in [0.25, 0.3) is 0 Å². The Morgan fingerprint density at radius 3 is 2.40 bits per heavy atom. The number of hydrogen-bond acceptors (Lipinski definition) is 2. The second kappa shape index (κ2) is 7.77. The Labute approximate surface area is 185 Å². The Kier molecular flexibility index (Phi) is 5.85. The second-order valence-electron chi connectivity index (χ2n) is 12.4. The average molecular weight is 415 g/mol. The molecule has 0 heterocycles. The number of rotatable bonds is 4. The quantitative estimate of drug-likeness (QED) is 0.514. The zero-order valence-electron chi connectivity index (χ0n) is 20.3. The predicted molar refractivity (Wildman–Crippen MR) is 125 cm³/mol. The molecule has 3 saturated carbocycles. The lowest BCUT2D eigenvalue weighted by atomic mass is 9.46. The molecule has 2 heteroatoms. The fraction of sp³-hybridized carbons (Fsp3) is 0.857. The van der Waals surface area contributed by atoms with Crippen LogP contribution in [0, 0.1) is 46.3 Å². The van der Waals surface area contributed by atoms with E-state index in [2.05, 4.69) is 59.8 Å². The van der Waals surface area contributed by atoms with Crippen LogP contribution in [0.15, 0.2) is 23.8 Å². The van der Waals surface area contributed by atoms with Crippen LogP contribution in [0.25, 0.3) is 0 Å². The third kappa shape index (κ3) is 3.36. The van der Waals surface area contributed by atoms with Crippen LogP contribution in [0.1, 0.15) is 92.9 Å². The van der Waals surface area contributed by atoms with Crippen molar-refractivity contribution in [3.05, 3.63) is 23.8 Å². The smallest absolute Gasteiger partial charge is 0.0765 e. The monoisotopic (exact) mass is 414 g/mol. The summed E-state index contributed by atoms with van der Waals surface area (Å²) >= 11 is 0. The van der Waals surface area contributed by atoms with Gasteiger partial charge in [0.1, 0.15) is 0 Å². The Hall–Kier alpha value is -0.600. The lowest BCUT2D eigenvalue weighted by Gasteiger charge is -2.61. The summed E-state index contributed by atoms with van der Waals surface area (Å²) in [6.45, 7) is 14.3. The molecule has 0 spiro atoms. The number of fused-ring (bicyclic) bond motifs is 5. The first kappa shape index (κ1) is 22.6. The lowest BCUT2D eigenvalue weighted by molar-refractivity contribution is -0.168. The minimum Gasteiger partial charge on any atom is -0.393 e. The summed E-state index contributed by atoms with van der Waals surface area (Å²) < 4.78 is 0. The van der Waals surface area contributed by atoms with Gasteiger partial charge in [0.2, 0.25) is 0 Å². The van der Waals surface area contributed by atoms with E-state index < -0.39 is 5.60 Å². The van der Waals surface area contributed by atoms with E-state index in [1.807, 2.05) is 0 Å². The van der Waals surface area contributed by atoms with Gasteiger partial charge in [-0.3, -0.25) is 0 Å². The minimum absolute atomic E-state index is 0.0616. The Morgan fingerprint density at radius 1 is 0.967 bits per heavy atom. The highest BCUT2D eigenvalue weighted by Gasteiger charge is 2.62. The minimum atomic E-state index is -0.715. The molecule has 0 amide bonds. The van der Waals surface area contributed by atoms with Gasteiger partial charge in [0, 0.05) is 11.8 Å². The van der Waals surface area contributed by atoms with E-state index in [0.29, 0.717) is 41.4 Å². The molecule has 30 heavy (non-hydrogen) atoms. The third-order valence-corrected chi connectivity index (χ3v) is 10.7. The standard InChI is InChI=1S/C28H46O2/c1-18(2)19(3)7-8-20(4)23-9-10-24-22-12-16-28(30)17-21(29)11-15-27(28,6)25(22)13-14-26(23,24)5/h7-8,12,18-21,23-25,29-30H,9-11,13-17H2,1-6H3/b8-7+/t19-,20+,21-,23+,24-,25-,26+,27+,28+/m0/s1. The molecule has 0 bridgehead atoms. The van der Waals surface area contributed by atoms with Gasteiger partial charge in [-0.05, 0) is 85.9 Å². The summed E-state index contributed by atoms with van der Waals surface area (Å²) in [4.78, 5) is 0. The molecule has 0 radical (unpaired) electrons. The summed E-state index contributed by atoms with van der Waals surface area (Å²) in [6, 6.07) is 0. The maximum absolute atomic E-state index is 11.6. The largest absolute Gasteiger partial charge is 0.393 e. The van der Waals surface area contributed by atoms with Crippen molar-refractivity contribution >= 4 is 0 Å². The fourth-order valence-corrected chi connectivity index (χ4v) is 8.10. The third-order valence-electron chi connectivity index (χ3n) is 10.7. The van der Waals surface area contributed by atoms with Crippen molar-refractivity contribution in [1.29, 1.82) is 0 Å². The molecular weight excluding hydrogens is 368 g/mol. The molecule has 2 N–H and O–H groups in total. The molecule has 2 nitrogen and oxygen atoms in total. The first-order valence-corrected chi connectivity index (χ1v) is 12.8. The summed E-state index contributed by atoms with van der Waals surface area (Å²) in [5, 5.41) is 21.8. The van der Waals surface area contributed by atoms with Crippen molar-refractivity contribution < 1.29 is 10.2 Å². The van der Waals surface area contributed by atoms with Crippen LogP contribution < -0.4 is 0 Å². The van der Waals surface area contributed by atoms with Crippen LogP contribution in [0.5, 0.6) is 0 Å². The molecule has 9 atom stereocenters. The molecule has 3 fully saturated rings. The second-order valence-corrected chi connectivity index (χ2v) is 12.4. The van der Waals surface area contributed by atoms with Gasteiger partial charge >= 0.3 is 0 Å². The van der Waals surface area contributed by atoms with Crippen LogP contribution in [0.2, 0.25) is 0 Å². The van der Waals surface area contributed by atoms with Crippen LogP contribution in [-0.2, 0) is 0 Å². The van der Waals surface area contributed by atoms with Crippen molar-refractivity contribution in [1.82, 2.24) is 0 Å². The molecule has 0 aromatic heterocycles. The van der Waals surface area contributed by atoms with Gasteiger partial charge in [-0.2, -0.15) is 0 Å². The summed E-state index contributed by atoms with van der Waals surface area (Å²) in [7, 11) is 0. The van der Waals surface area contributed by atoms with Crippen LogP contribution in [0.3, 0.4) is 0 Å². The van der Waals surface area contributed by atoms with Gasteiger partial charge in [-0.25, -0.2) is 0 Å². The van der Waals surface area contributed by atoms with Crippen molar-refractivity contribution in [3.63, 3.8) is 0 Å². The first-order valence-electron chi connectivity index (χ1n) is 12.8. The maximum Gasteiger partial charge on any atom is 0.0765 e. The molecule has 0 unspecified atom stereocenters. The molecule has 0 aromatic rings. The maximum atomic E-state index is 11.6. The van der Waals surface area contributed by atoms with Gasteiger partial charge in [-0.1, -0.05) is 65.3 Å². The van der Waals surface area contributed by atoms with E-state index in [1.54, 1.807) is 5.57 Å². The SMILES string of the molecule is CC(C)[C@@H](C)/C=C/[C@@H](C)[C@H]1CC[C@H]2C3=CC[C@@]4(O)C[C@@H](O)CC[C@]4(C)[C@H]3CC[C@]12C. The normalized spacial score (nSPS) is 48.1. The predicted octanol–water partition coefficient (Wildman–Crippen LogP) is 6.53. The van der Waals surface area contributed by atoms with Crippen LogP contribution in [0.4, 0.5) is 0 Å². The lowest BCUT2D eigenvalue weighted by Crippen LogP contribution is -2.59. The number of aliphatic hydroxyl groups is 2. The molecule has 0 aromatic carbocycles. The summed E-state index contributed by atoms with van der Waals surface area (Å²) in [6.07, 6.45) is 15.4. The molecule has 0 aliphatic heterocycles. The van der Waals surface area contributed by atoms with E-state index in [9.17, 15) is 10.2 Å². The van der Waals surface area contributed by atoms with Crippen molar-refractivity contribution in [3.8, 4) is 0 Å². The summed E-state index contributed by atoms with van der Waals surface area (Å²) in [5.74, 6) is 3.95. The number of aliphatic hydroxyl groups excluding tert-OH is 1. The van der Waals surface area contributed by atoms with Crippen molar-refractivity contribution in [2.75, 3.05) is 0 Å². The first-order chi connectivity index (χ1) is 14.0. The molecule has 170 valence electrons. The molecule has 4 rings (SSSR count). The van der Waals surface area contributed by atoms with E-state index in [1.165, 1.54) is 25.7 Å². The van der Waals surface area contributed by atoms with Gasteiger partial charge in [0.15, 0.2) is 0 Å². The molecule has 0 saturated heterocycles. The van der Waals surface area contributed by atoms with Crippen molar-refractivity contribution in [2.45, 2.75) is 105 Å². The Balaban J connectivity index is 1.57. The van der Waals surface area contributed by atoms with E-state index in [4.69, 9.17) is 0 Å². The fourth-order valence-electron chi connectivity index (χ4n) is 8.10. The van der Waals surface area contributed by atoms with Crippen LogP contribution >= 0.6 is 0 Å². The Morgan fingerprint density at radius 2 is 1.70 bits per heavy atom. The van der Waals surface area contributed by atoms with E-state index in [-0.39, 0.29) is 11.5 Å². The van der Waals surface area contributed by atoms with E-state index in [0.717, 1.165) is 25.2 Å². The average Bonchev–Trinajstić information content (AvgIpc) is 3.04. The highest BCUT2D eigenvalue weighted by Crippen LogP contribution is 2.67.